The van der Waals surface area contributed by atoms with E-state index in [2.05, 4.69) is 53.3 Å². The van der Waals surface area contributed by atoms with Crippen molar-refractivity contribution in [1.82, 2.24) is 14.5 Å². The van der Waals surface area contributed by atoms with E-state index in [1.165, 1.54) is 0 Å². The fraction of sp³-hybridized carbons (Fsp3) is 0.238. The number of rotatable bonds is 4. The van der Waals surface area contributed by atoms with Crippen molar-refractivity contribution in [2.45, 2.75) is 12.5 Å². The molecule has 2 aromatic carbocycles. The average Bonchev–Trinajstić information content (AvgIpc) is 3.29. The van der Waals surface area contributed by atoms with Crippen LogP contribution < -0.4 is 4.90 Å². The number of carbonyl (C=O) groups is 1. The van der Waals surface area contributed by atoms with E-state index in [0.717, 1.165) is 35.7 Å². The molecule has 1 unspecified atom stereocenters. The standard InChI is InChI=1S/C21H22N4O/c1-23-14-12-19(21(23)26)25-15-13-22-20(25)16-8-10-18(11-9-16)24(2)17-6-4-3-5-7-17/h3-11,13,15,19H,12,14H2,1-2H3. The van der Waals surface area contributed by atoms with Gasteiger partial charge in [0.25, 0.3) is 0 Å². The van der Waals surface area contributed by atoms with Gasteiger partial charge in [-0.25, -0.2) is 4.98 Å². The number of amides is 1. The Morgan fingerprint density at radius 3 is 2.38 bits per heavy atom. The number of likely N-dealkylation sites (N-methyl/N-ethyl adjacent to an activating group) is 1. The quantitative estimate of drug-likeness (QED) is 0.723. The van der Waals surface area contributed by atoms with Gasteiger partial charge in [-0.1, -0.05) is 18.2 Å². The molecule has 26 heavy (non-hydrogen) atoms. The second-order valence-corrected chi connectivity index (χ2v) is 6.66. The highest BCUT2D eigenvalue weighted by atomic mass is 16.2. The maximum absolute atomic E-state index is 12.4. The normalized spacial score (nSPS) is 16.9. The Labute approximate surface area is 153 Å². The molecule has 3 aromatic rings. The molecule has 132 valence electrons. The van der Waals surface area contributed by atoms with Crippen molar-refractivity contribution in [3.8, 4) is 11.4 Å². The van der Waals surface area contributed by atoms with Crippen molar-refractivity contribution >= 4 is 17.3 Å². The van der Waals surface area contributed by atoms with Crippen LogP contribution in [-0.2, 0) is 4.79 Å². The van der Waals surface area contributed by atoms with E-state index in [4.69, 9.17) is 0 Å². The van der Waals surface area contributed by atoms with Crippen LogP contribution in [0.15, 0.2) is 67.0 Å². The van der Waals surface area contributed by atoms with Crippen LogP contribution in [0.5, 0.6) is 0 Å². The molecule has 0 spiro atoms. The van der Waals surface area contributed by atoms with Crippen LogP contribution in [0.4, 0.5) is 11.4 Å². The number of anilines is 2. The number of para-hydroxylation sites is 1. The van der Waals surface area contributed by atoms with Crippen LogP contribution >= 0.6 is 0 Å². The van der Waals surface area contributed by atoms with E-state index < -0.39 is 0 Å². The zero-order valence-electron chi connectivity index (χ0n) is 15.0. The number of hydrogen-bond acceptors (Lipinski definition) is 3. The molecule has 0 saturated carbocycles. The summed E-state index contributed by atoms with van der Waals surface area (Å²) >= 11 is 0. The molecule has 1 saturated heterocycles. The fourth-order valence-corrected chi connectivity index (χ4v) is 3.48. The van der Waals surface area contributed by atoms with E-state index in [1.807, 2.05) is 36.0 Å². The zero-order chi connectivity index (χ0) is 18.1. The molecule has 1 atom stereocenters. The Kier molecular flexibility index (Phi) is 4.21. The second-order valence-electron chi connectivity index (χ2n) is 6.66. The molecule has 1 aliphatic heterocycles. The fourth-order valence-electron chi connectivity index (χ4n) is 3.48. The topological polar surface area (TPSA) is 41.4 Å². The first-order chi connectivity index (χ1) is 12.6. The second kappa shape index (κ2) is 6.67. The predicted octanol–water partition coefficient (Wildman–Crippen LogP) is 3.72. The van der Waals surface area contributed by atoms with Gasteiger partial charge in [0.2, 0.25) is 5.91 Å². The molecule has 1 aliphatic rings. The third-order valence-corrected chi connectivity index (χ3v) is 5.06. The minimum Gasteiger partial charge on any atom is -0.345 e. The molecule has 0 radical (unpaired) electrons. The van der Waals surface area contributed by atoms with Crippen LogP contribution in [0, 0.1) is 0 Å². The lowest BCUT2D eigenvalue weighted by Crippen LogP contribution is -2.24. The summed E-state index contributed by atoms with van der Waals surface area (Å²) in [6.07, 6.45) is 4.50. The summed E-state index contributed by atoms with van der Waals surface area (Å²) in [5.74, 6) is 0.997. The summed E-state index contributed by atoms with van der Waals surface area (Å²) in [4.78, 5) is 20.8. The number of hydrogen-bond donors (Lipinski definition) is 0. The van der Waals surface area contributed by atoms with Crippen molar-refractivity contribution in [2.24, 2.45) is 0 Å². The molecule has 5 heteroatoms. The highest BCUT2D eigenvalue weighted by Gasteiger charge is 2.31. The van der Waals surface area contributed by atoms with Crippen LogP contribution in [0.2, 0.25) is 0 Å². The van der Waals surface area contributed by atoms with Gasteiger partial charge in [0.1, 0.15) is 11.9 Å². The van der Waals surface area contributed by atoms with Crippen LogP contribution in [0.25, 0.3) is 11.4 Å². The van der Waals surface area contributed by atoms with Crippen LogP contribution in [0.3, 0.4) is 0 Å². The minimum atomic E-state index is -0.149. The number of imidazole rings is 1. The third kappa shape index (κ3) is 2.86. The summed E-state index contributed by atoms with van der Waals surface area (Å²) in [5.41, 5.74) is 3.26. The first kappa shape index (κ1) is 16.4. The van der Waals surface area contributed by atoms with Gasteiger partial charge in [-0.05, 0) is 42.8 Å². The van der Waals surface area contributed by atoms with Crippen molar-refractivity contribution in [3.63, 3.8) is 0 Å². The van der Waals surface area contributed by atoms with E-state index in [9.17, 15) is 4.79 Å². The van der Waals surface area contributed by atoms with Crippen LogP contribution in [-0.4, -0.2) is 41.0 Å². The molecule has 5 nitrogen and oxygen atoms in total. The Balaban J connectivity index is 1.61. The molecular formula is C21H22N4O. The van der Waals surface area contributed by atoms with E-state index in [0.29, 0.717) is 0 Å². The van der Waals surface area contributed by atoms with Crippen molar-refractivity contribution in [2.75, 3.05) is 25.5 Å². The van der Waals surface area contributed by atoms with Crippen LogP contribution in [0.1, 0.15) is 12.5 Å². The largest absolute Gasteiger partial charge is 0.345 e. The Morgan fingerprint density at radius 2 is 1.73 bits per heavy atom. The Morgan fingerprint density at radius 1 is 1.04 bits per heavy atom. The maximum Gasteiger partial charge on any atom is 0.245 e. The van der Waals surface area contributed by atoms with Gasteiger partial charge in [-0.2, -0.15) is 0 Å². The first-order valence-corrected chi connectivity index (χ1v) is 8.82. The molecule has 0 aliphatic carbocycles. The van der Waals surface area contributed by atoms with Gasteiger partial charge >= 0.3 is 0 Å². The van der Waals surface area contributed by atoms with Gasteiger partial charge in [-0.3, -0.25) is 4.79 Å². The molecule has 0 bridgehead atoms. The number of benzene rings is 2. The third-order valence-electron chi connectivity index (χ3n) is 5.06. The average molecular weight is 346 g/mol. The highest BCUT2D eigenvalue weighted by Crippen LogP contribution is 2.30. The van der Waals surface area contributed by atoms with E-state index >= 15 is 0 Å². The van der Waals surface area contributed by atoms with Crippen molar-refractivity contribution in [1.29, 1.82) is 0 Å². The summed E-state index contributed by atoms with van der Waals surface area (Å²) in [6.45, 7) is 0.794. The highest BCUT2D eigenvalue weighted by molar-refractivity contribution is 5.83. The monoisotopic (exact) mass is 346 g/mol. The summed E-state index contributed by atoms with van der Waals surface area (Å²) in [6, 6.07) is 18.4. The number of carbonyl (C=O) groups excluding carboxylic acids is 1. The maximum atomic E-state index is 12.4. The van der Waals surface area contributed by atoms with E-state index in [-0.39, 0.29) is 11.9 Å². The lowest BCUT2D eigenvalue weighted by molar-refractivity contribution is -0.129. The summed E-state index contributed by atoms with van der Waals surface area (Å²) < 4.78 is 2.00. The van der Waals surface area contributed by atoms with Gasteiger partial charge in [0.05, 0.1) is 0 Å². The van der Waals surface area contributed by atoms with Crippen molar-refractivity contribution < 1.29 is 4.79 Å². The molecular weight excluding hydrogens is 324 g/mol. The summed E-state index contributed by atoms with van der Waals surface area (Å²) in [5, 5.41) is 0. The smallest absolute Gasteiger partial charge is 0.245 e. The molecule has 1 fully saturated rings. The lowest BCUT2D eigenvalue weighted by Gasteiger charge is -2.20. The lowest BCUT2D eigenvalue weighted by atomic mass is 10.1. The Bertz CT molecular complexity index is 901. The van der Waals surface area contributed by atoms with Crippen molar-refractivity contribution in [3.05, 3.63) is 67.0 Å². The number of nitrogens with zero attached hydrogens (tertiary/aromatic N) is 4. The van der Waals surface area contributed by atoms with Gasteiger partial charge in [0.15, 0.2) is 0 Å². The SMILES string of the molecule is CN1CCC(n2ccnc2-c2ccc(N(C)c3ccccc3)cc2)C1=O. The molecule has 1 amide bonds. The van der Waals surface area contributed by atoms with Gasteiger partial charge < -0.3 is 14.4 Å². The molecule has 0 N–H and O–H groups in total. The summed E-state index contributed by atoms with van der Waals surface area (Å²) in [7, 11) is 3.91. The molecule has 4 rings (SSSR count). The zero-order valence-corrected chi connectivity index (χ0v) is 15.0. The molecule has 2 heterocycles. The number of aromatic nitrogens is 2. The number of likely N-dealkylation sites (tertiary alicyclic amines) is 1. The Hall–Kier alpha value is -3.08. The van der Waals surface area contributed by atoms with Gasteiger partial charge in [0, 0.05) is 50.0 Å². The van der Waals surface area contributed by atoms with E-state index in [1.54, 1.807) is 11.1 Å². The minimum absolute atomic E-state index is 0.149. The predicted molar refractivity (Wildman–Crippen MR) is 103 cm³/mol. The molecule has 1 aromatic heterocycles. The van der Waals surface area contributed by atoms with Gasteiger partial charge in [-0.15, -0.1) is 0 Å². The first-order valence-electron chi connectivity index (χ1n) is 8.82.